The van der Waals surface area contributed by atoms with Crippen LogP contribution in [0.2, 0.25) is 5.02 Å². The standard InChI is InChI=1S/C38H47ClN2O4/c1-6-7-9-27-12-15-30(16-13-27)24(2)40-37(42)31-17-18-32-33(25(3)41(35(32)22-31)23-28-10-8-11-28)20-29-14-19-34(39)36(21-29)45-26(4)38(43)44-5/h12-19,21-22,24-26,28,33H,6-11,20,23H2,1-5H3,(H,40,42)/t24-,25?,26+,33?/m0/s1. The van der Waals surface area contributed by atoms with Gasteiger partial charge in [0.2, 0.25) is 0 Å². The van der Waals surface area contributed by atoms with Crippen molar-refractivity contribution in [1.29, 1.82) is 0 Å². The fourth-order valence-electron chi connectivity index (χ4n) is 6.58. The number of aryl methyl sites for hydroxylation is 1. The van der Waals surface area contributed by atoms with Crippen molar-refractivity contribution >= 4 is 29.2 Å². The summed E-state index contributed by atoms with van der Waals surface area (Å²) in [5, 5.41) is 3.69. The van der Waals surface area contributed by atoms with Crippen LogP contribution >= 0.6 is 11.6 Å². The summed E-state index contributed by atoms with van der Waals surface area (Å²) >= 11 is 6.44. The number of nitrogens with zero attached hydrogens (tertiary/aromatic N) is 1. The number of hydrogen-bond donors (Lipinski definition) is 1. The van der Waals surface area contributed by atoms with Crippen molar-refractivity contribution in [3.05, 3.63) is 93.5 Å². The van der Waals surface area contributed by atoms with E-state index in [1.54, 1.807) is 6.92 Å². The molecule has 240 valence electrons. The summed E-state index contributed by atoms with van der Waals surface area (Å²) in [6.45, 7) is 9.20. The quantitative estimate of drug-likeness (QED) is 0.192. The number of nitrogens with one attached hydrogen (secondary N) is 1. The molecule has 1 amide bonds. The Morgan fingerprint density at radius 3 is 2.42 bits per heavy atom. The predicted molar refractivity (Wildman–Crippen MR) is 182 cm³/mol. The van der Waals surface area contributed by atoms with Crippen molar-refractivity contribution in [2.24, 2.45) is 5.92 Å². The molecule has 1 N–H and O–H groups in total. The molecule has 5 rings (SSSR count). The van der Waals surface area contributed by atoms with Gasteiger partial charge in [-0.2, -0.15) is 0 Å². The fraction of sp³-hybridized carbons (Fsp3) is 0.474. The smallest absolute Gasteiger partial charge is 0.346 e. The number of carbonyl (C=O) groups excluding carboxylic acids is 2. The lowest BCUT2D eigenvalue weighted by Crippen LogP contribution is -2.38. The lowest BCUT2D eigenvalue weighted by Gasteiger charge is -2.35. The first kappa shape index (κ1) is 32.9. The Hall–Kier alpha value is -3.51. The van der Waals surface area contributed by atoms with Gasteiger partial charge in [0, 0.05) is 29.8 Å². The highest BCUT2D eigenvalue weighted by Crippen LogP contribution is 2.45. The fourth-order valence-corrected chi connectivity index (χ4v) is 6.75. The Morgan fingerprint density at radius 1 is 1.02 bits per heavy atom. The SMILES string of the molecule is CCCCc1ccc([C@H](C)NC(=O)c2ccc3c(c2)N(CC2CCC2)C(C)C3Cc2ccc(Cl)c(O[C@H](C)C(=O)OC)c2)cc1. The van der Waals surface area contributed by atoms with Crippen molar-refractivity contribution in [2.45, 2.75) is 96.7 Å². The van der Waals surface area contributed by atoms with Crippen LogP contribution in [-0.4, -0.2) is 37.7 Å². The van der Waals surface area contributed by atoms with Crippen LogP contribution in [0.5, 0.6) is 5.75 Å². The normalized spacial score (nSPS) is 18.9. The van der Waals surface area contributed by atoms with Crippen LogP contribution in [0.3, 0.4) is 0 Å². The van der Waals surface area contributed by atoms with E-state index < -0.39 is 12.1 Å². The van der Waals surface area contributed by atoms with Gasteiger partial charge in [0.15, 0.2) is 6.10 Å². The van der Waals surface area contributed by atoms with E-state index in [4.69, 9.17) is 21.1 Å². The van der Waals surface area contributed by atoms with E-state index in [1.165, 1.54) is 50.3 Å². The molecule has 6 nitrogen and oxygen atoms in total. The second-order valence-corrected chi connectivity index (χ2v) is 13.3. The Balaban J connectivity index is 1.35. The zero-order valence-corrected chi connectivity index (χ0v) is 28.0. The summed E-state index contributed by atoms with van der Waals surface area (Å²) in [5.41, 5.74) is 6.63. The Labute approximate surface area is 273 Å². The van der Waals surface area contributed by atoms with Gasteiger partial charge in [-0.1, -0.05) is 67.8 Å². The van der Waals surface area contributed by atoms with E-state index >= 15 is 0 Å². The monoisotopic (exact) mass is 630 g/mol. The van der Waals surface area contributed by atoms with Gasteiger partial charge in [-0.25, -0.2) is 4.79 Å². The third kappa shape index (κ3) is 7.66. The summed E-state index contributed by atoms with van der Waals surface area (Å²) in [5.74, 6) is 0.887. The molecule has 1 saturated carbocycles. The minimum atomic E-state index is -0.760. The van der Waals surface area contributed by atoms with E-state index in [2.05, 4.69) is 60.5 Å². The lowest BCUT2D eigenvalue weighted by molar-refractivity contribution is -0.147. The molecule has 4 atom stereocenters. The first-order valence-electron chi connectivity index (χ1n) is 16.5. The summed E-state index contributed by atoms with van der Waals surface area (Å²) in [6, 6.07) is 20.8. The maximum atomic E-state index is 13.5. The van der Waals surface area contributed by atoms with Crippen LogP contribution in [0.1, 0.15) is 104 Å². The number of esters is 1. The number of unbranched alkanes of at least 4 members (excludes halogenated alkanes) is 1. The van der Waals surface area contributed by atoms with Crippen LogP contribution in [0.15, 0.2) is 60.7 Å². The van der Waals surface area contributed by atoms with Gasteiger partial charge in [-0.3, -0.25) is 4.79 Å². The van der Waals surface area contributed by atoms with E-state index in [1.807, 2.05) is 31.2 Å². The number of carbonyl (C=O) groups is 2. The number of rotatable bonds is 13. The van der Waals surface area contributed by atoms with Crippen molar-refractivity contribution in [3.63, 3.8) is 0 Å². The van der Waals surface area contributed by atoms with Crippen molar-refractivity contribution < 1.29 is 19.1 Å². The van der Waals surface area contributed by atoms with Gasteiger partial charge in [-0.05, 0) is 105 Å². The zero-order chi connectivity index (χ0) is 32.1. The molecule has 0 radical (unpaired) electrons. The number of anilines is 1. The van der Waals surface area contributed by atoms with Crippen LogP contribution in [0.25, 0.3) is 0 Å². The highest BCUT2D eigenvalue weighted by atomic mass is 35.5. The topological polar surface area (TPSA) is 67.9 Å². The second-order valence-electron chi connectivity index (χ2n) is 12.9. The molecule has 0 saturated heterocycles. The summed E-state index contributed by atoms with van der Waals surface area (Å²) in [4.78, 5) is 28.0. The number of ether oxygens (including phenoxy) is 2. The van der Waals surface area contributed by atoms with Crippen LogP contribution in [-0.2, 0) is 22.4 Å². The molecule has 1 fully saturated rings. The first-order valence-corrected chi connectivity index (χ1v) is 16.9. The average molecular weight is 631 g/mol. The third-order valence-electron chi connectivity index (χ3n) is 9.69. The second kappa shape index (κ2) is 14.7. The van der Waals surface area contributed by atoms with Crippen LogP contribution in [0.4, 0.5) is 5.69 Å². The number of benzene rings is 3. The molecular formula is C38H47ClN2O4. The van der Waals surface area contributed by atoms with E-state index in [-0.39, 0.29) is 23.9 Å². The number of hydrogen-bond acceptors (Lipinski definition) is 5. The van der Waals surface area contributed by atoms with Crippen molar-refractivity contribution in [3.8, 4) is 5.75 Å². The van der Waals surface area contributed by atoms with E-state index in [9.17, 15) is 9.59 Å². The molecule has 1 heterocycles. The maximum absolute atomic E-state index is 13.5. The van der Waals surface area contributed by atoms with Gasteiger partial charge in [-0.15, -0.1) is 0 Å². The predicted octanol–water partition coefficient (Wildman–Crippen LogP) is 8.45. The van der Waals surface area contributed by atoms with Gasteiger partial charge in [0.25, 0.3) is 5.91 Å². The maximum Gasteiger partial charge on any atom is 0.346 e. The molecule has 7 heteroatoms. The van der Waals surface area contributed by atoms with Crippen molar-refractivity contribution in [1.82, 2.24) is 5.32 Å². The minimum absolute atomic E-state index is 0.0562. The Bertz CT molecular complexity index is 1490. The van der Waals surface area contributed by atoms with Crippen LogP contribution in [0, 0.1) is 5.92 Å². The van der Waals surface area contributed by atoms with E-state index in [0.717, 1.165) is 36.2 Å². The molecule has 45 heavy (non-hydrogen) atoms. The summed E-state index contributed by atoms with van der Waals surface area (Å²) < 4.78 is 10.7. The highest BCUT2D eigenvalue weighted by molar-refractivity contribution is 6.32. The molecule has 0 spiro atoms. The molecular weight excluding hydrogens is 584 g/mol. The largest absolute Gasteiger partial charge is 0.477 e. The van der Waals surface area contributed by atoms with Crippen molar-refractivity contribution in [2.75, 3.05) is 18.6 Å². The first-order chi connectivity index (χ1) is 21.7. The molecule has 1 aliphatic heterocycles. The number of methoxy groups -OCH3 is 1. The summed E-state index contributed by atoms with van der Waals surface area (Å²) in [7, 11) is 1.34. The lowest BCUT2D eigenvalue weighted by atomic mass is 9.84. The molecule has 0 aromatic heterocycles. The third-order valence-corrected chi connectivity index (χ3v) is 10.0. The molecule has 2 aliphatic rings. The minimum Gasteiger partial charge on any atom is -0.477 e. The van der Waals surface area contributed by atoms with E-state index in [0.29, 0.717) is 22.3 Å². The van der Waals surface area contributed by atoms with Gasteiger partial charge in [0.05, 0.1) is 18.2 Å². The molecule has 2 unspecified atom stereocenters. The van der Waals surface area contributed by atoms with Gasteiger partial charge in [0.1, 0.15) is 5.75 Å². The Morgan fingerprint density at radius 2 is 1.76 bits per heavy atom. The summed E-state index contributed by atoms with van der Waals surface area (Å²) in [6.07, 6.45) is 7.29. The molecule has 1 aliphatic carbocycles. The van der Waals surface area contributed by atoms with Crippen LogP contribution < -0.4 is 15.0 Å². The van der Waals surface area contributed by atoms with Gasteiger partial charge < -0.3 is 19.7 Å². The average Bonchev–Trinajstić information content (AvgIpc) is 3.28. The van der Waals surface area contributed by atoms with Gasteiger partial charge >= 0.3 is 5.97 Å². The molecule has 0 bridgehead atoms. The Kier molecular flexibility index (Phi) is 10.8. The zero-order valence-electron chi connectivity index (χ0n) is 27.3. The highest BCUT2D eigenvalue weighted by Gasteiger charge is 2.38. The number of fused-ring (bicyclic) bond motifs is 1. The number of amides is 1. The molecule has 3 aromatic rings. The number of halogens is 1. The molecule has 3 aromatic carbocycles.